The maximum Gasteiger partial charge on any atom is 0.161 e. The highest BCUT2D eigenvalue weighted by Gasteiger charge is 2.18. The molecule has 2 N–H and O–H groups in total. The Morgan fingerprint density at radius 2 is 1.95 bits per heavy atom. The smallest absolute Gasteiger partial charge is 0.161 e. The fraction of sp³-hybridized carbons (Fsp3) is 0.333. The van der Waals surface area contributed by atoms with E-state index in [0.29, 0.717) is 13.2 Å². The largest absolute Gasteiger partial charge is 0.486 e. The summed E-state index contributed by atoms with van der Waals surface area (Å²) in [6, 6.07) is 7.57. The van der Waals surface area contributed by atoms with E-state index in [4.69, 9.17) is 19.6 Å². The number of benzene rings is 1. The van der Waals surface area contributed by atoms with Crippen LogP contribution in [0.25, 0.3) is 0 Å². The number of ether oxygens (including phenoxy) is 2. The van der Waals surface area contributed by atoms with Gasteiger partial charge in [-0.3, -0.25) is 0 Å². The summed E-state index contributed by atoms with van der Waals surface area (Å²) in [5.74, 6) is 2.48. The maximum atomic E-state index is 6.31. The molecule has 4 nitrogen and oxygen atoms in total. The molecule has 2 aromatic rings. The van der Waals surface area contributed by atoms with Gasteiger partial charge in [0.15, 0.2) is 11.5 Å². The lowest BCUT2D eigenvalue weighted by Gasteiger charge is -2.20. The van der Waals surface area contributed by atoms with Crippen molar-refractivity contribution in [2.75, 3.05) is 13.2 Å². The maximum absolute atomic E-state index is 6.31. The lowest BCUT2D eigenvalue weighted by Crippen LogP contribution is -2.17. The van der Waals surface area contributed by atoms with Gasteiger partial charge >= 0.3 is 0 Å². The van der Waals surface area contributed by atoms with Crippen molar-refractivity contribution >= 4 is 0 Å². The fourth-order valence-electron chi connectivity index (χ4n) is 2.35. The average molecular weight is 259 g/mol. The van der Waals surface area contributed by atoms with Crippen LogP contribution in [0, 0.1) is 0 Å². The molecule has 4 heteroatoms. The second-order valence-electron chi connectivity index (χ2n) is 4.53. The molecule has 0 amide bonds. The van der Waals surface area contributed by atoms with Crippen molar-refractivity contribution < 1.29 is 13.9 Å². The Kier molecular flexibility index (Phi) is 3.17. The molecule has 0 saturated heterocycles. The molecular weight excluding hydrogens is 242 g/mol. The standard InChI is InChI=1S/C15H17NO3/c1-2-12-11(5-6-17-12)15(16)10-3-4-13-14(9-10)19-8-7-18-13/h3-6,9,15H,2,7-8,16H2,1H3. The minimum Gasteiger partial charge on any atom is -0.486 e. The highest BCUT2D eigenvalue weighted by atomic mass is 16.6. The van der Waals surface area contributed by atoms with Crippen LogP contribution in [-0.2, 0) is 6.42 Å². The highest BCUT2D eigenvalue weighted by molar-refractivity contribution is 5.46. The second kappa shape index (κ2) is 4.97. The molecular formula is C15H17NO3. The van der Waals surface area contributed by atoms with E-state index >= 15 is 0 Å². The first-order chi connectivity index (χ1) is 9.29. The van der Waals surface area contributed by atoms with Gasteiger partial charge in [0.1, 0.15) is 19.0 Å². The molecule has 1 aliphatic heterocycles. The SMILES string of the molecule is CCc1occc1C(N)c1ccc2c(c1)OCCO2. The normalized spacial score (nSPS) is 15.3. The predicted molar refractivity (Wildman–Crippen MR) is 71.5 cm³/mol. The van der Waals surface area contributed by atoms with Gasteiger partial charge in [-0.2, -0.15) is 0 Å². The van der Waals surface area contributed by atoms with Gasteiger partial charge in [0.05, 0.1) is 12.3 Å². The van der Waals surface area contributed by atoms with Gasteiger partial charge in [0, 0.05) is 12.0 Å². The molecule has 0 bridgehead atoms. The van der Waals surface area contributed by atoms with Gasteiger partial charge in [-0.25, -0.2) is 0 Å². The Morgan fingerprint density at radius 3 is 2.74 bits per heavy atom. The van der Waals surface area contributed by atoms with Crippen LogP contribution in [0.15, 0.2) is 34.9 Å². The van der Waals surface area contributed by atoms with E-state index in [-0.39, 0.29) is 6.04 Å². The topological polar surface area (TPSA) is 57.6 Å². The number of nitrogens with two attached hydrogens (primary N) is 1. The summed E-state index contributed by atoms with van der Waals surface area (Å²) >= 11 is 0. The number of hydrogen-bond donors (Lipinski definition) is 1. The lowest BCUT2D eigenvalue weighted by molar-refractivity contribution is 0.171. The third-order valence-corrected chi connectivity index (χ3v) is 3.36. The van der Waals surface area contributed by atoms with Crippen molar-refractivity contribution in [3.8, 4) is 11.5 Å². The number of furan rings is 1. The Labute approximate surface area is 112 Å². The first kappa shape index (κ1) is 12.1. The average Bonchev–Trinajstić information content (AvgIpc) is 2.94. The van der Waals surface area contributed by atoms with Crippen molar-refractivity contribution in [1.82, 2.24) is 0 Å². The molecule has 0 saturated carbocycles. The summed E-state index contributed by atoms with van der Waals surface area (Å²) in [5.41, 5.74) is 8.34. The van der Waals surface area contributed by atoms with Gasteiger partial charge in [-0.15, -0.1) is 0 Å². The van der Waals surface area contributed by atoms with Crippen molar-refractivity contribution in [3.05, 3.63) is 47.4 Å². The molecule has 1 aromatic carbocycles. The number of hydrogen-bond acceptors (Lipinski definition) is 4. The molecule has 1 atom stereocenters. The molecule has 3 rings (SSSR count). The Morgan fingerprint density at radius 1 is 1.16 bits per heavy atom. The Bertz CT molecular complexity index is 577. The van der Waals surface area contributed by atoms with Crippen LogP contribution in [0.2, 0.25) is 0 Å². The molecule has 0 aliphatic carbocycles. The summed E-state index contributed by atoms with van der Waals surface area (Å²) in [4.78, 5) is 0. The van der Waals surface area contributed by atoms with E-state index in [1.807, 2.05) is 24.3 Å². The van der Waals surface area contributed by atoms with Crippen molar-refractivity contribution in [1.29, 1.82) is 0 Å². The van der Waals surface area contributed by atoms with E-state index in [0.717, 1.165) is 34.8 Å². The molecule has 0 fully saturated rings. The van der Waals surface area contributed by atoms with Gasteiger partial charge in [-0.05, 0) is 23.8 Å². The molecule has 1 unspecified atom stereocenters. The van der Waals surface area contributed by atoms with E-state index in [1.165, 1.54) is 0 Å². The highest BCUT2D eigenvalue weighted by Crippen LogP contribution is 2.34. The minimum atomic E-state index is -0.204. The van der Waals surface area contributed by atoms with Gasteiger partial charge in [0.25, 0.3) is 0 Å². The van der Waals surface area contributed by atoms with E-state index in [9.17, 15) is 0 Å². The first-order valence-corrected chi connectivity index (χ1v) is 6.51. The monoisotopic (exact) mass is 259 g/mol. The fourth-order valence-corrected chi connectivity index (χ4v) is 2.35. The summed E-state index contributed by atoms with van der Waals surface area (Å²) in [6.45, 7) is 3.23. The quantitative estimate of drug-likeness (QED) is 0.920. The third-order valence-electron chi connectivity index (χ3n) is 3.36. The Balaban J connectivity index is 1.93. The van der Waals surface area contributed by atoms with Crippen LogP contribution >= 0.6 is 0 Å². The summed E-state index contributed by atoms with van der Waals surface area (Å²) in [6.07, 6.45) is 2.52. The molecule has 2 heterocycles. The van der Waals surface area contributed by atoms with Crippen LogP contribution in [0.3, 0.4) is 0 Å². The van der Waals surface area contributed by atoms with E-state index < -0.39 is 0 Å². The number of rotatable bonds is 3. The second-order valence-corrected chi connectivity index (χ2v) is 4.53. The van der Waals surface area contributed by atoms with E-state index in [2.05, 4.69) is 6.92 Å². The molecule has 0 spiro atoms. The summed E-state index contributed by atoms with van der Waals surface area (Å²) in [5, 5.41) is 0. The van der Waals surface area contributed by atoms with Gasteiger partial charge < -0.3 is 19.6 Å². The van der Waals surface area contributed by atoms with Crippen LogP contribution in [-0.4, -0.2) is 13.2 Å². The zero-order valence-electron chi connectivity index (χ0n) is 10.9. The van der Waals surface area contributed by atoms with Crippen LogP contribution in [0.1, 0.15) is 29.9 Å². The zero-order chi connectivity index (χ0) is 13.2. The van der Waals surface area contributed by atoms with Crippen molar-refractivity contribution in [2.45, 2.75) is 19.4 Å². The van der Waals surface area contributed by atoms with Gasteiger partial charge in [-0.1, -0.05) is 13.0 Å². The molecule has 0 radical (unpaired) electrons. The molecule has 100 valence electrons. The summed E-state index contributed by atoms with van der Waals surface area (Å²) in [7, 11) is 0. The summed E-state index contributed by atoms with van der Waals surface area (Å²) < 4.78 is 16.5. The lowest BCUT2D eigenvalue weighted by atomic mass is 9.98. The number of fused-ring (bicyclic) bond motifs is 1. The first-order valence-electron chi connectivity index (χ1n) is 6.51. The van der Waals surface area contributed by atoms with Crippen molar-refractivity contribution in [3.63, 3.8) is 0 Å². The zero-order valence-corrected chi connectivity index (χ0v) is 10.9. The molecule has 19 heavy (non-hydrogen) atoms. The minimum absolute atomic E-state index is 0.204. The van der Waals surface area contributed by atoms with Crippen LogP contribution in [0.5, 0.6) is 11.5 Å². The predicted octanol–water partition coefficient (Wildman–Crippen LogP) is 2.66. The Hall–Kier alpha value is -1.94. The van der Waals surface area contributed by atoms with Gasteiger partial charge in [0.2, 0.25) is 0 Å². The van der Waals surface area contributed by atoms with Crippen LogP contribution < -0.4 is 15.2 Å². The number of aryl methyl sites for hydroxylation is 1. The van der Waals surface area contributed by atoms with Crippen molar-refractivity contribution in [2.24, 2.45) is 5.73 Å². The molecule has 1 aromatic heterocycles. The third kappa shape index (κ3) is 2.19. The van der Waals surface area contributed by atoms with E-state index in [1.54, 1.807) is 6.26 Å². The van der Waals surface area contributed by atoms with Crippen LogP contribution in [0.4, 0.5) is 0 Å². The molecule has 1 aliphatic rings.